The number of carbonyl (C=O) groups excluding carboxylic acids is 1. The number of piperidine rings is 1. The van der Waals surface area contributed by atoms with E-state index in [9.17, 15) is 4.79 Å². The Morgan fingerprint density at radius 1 is 1.35 bits per heavy atom. The second-order valence-electron chi connectivity index (χ2n) is 5.63. The van der Waals surface area contributed by atoms with E-state index in [0.717, 1.165) is 48.8 Å². The van der Waals surface area contributed by atoms with Crippen LogP contribution < -0.4 is 4.74 Å². The summed E-state index contributed by atoms with van der Waals surface area (Å²) in [6.07, 6.45) is 1.75. The fourth-order valence-corrected chi connectivity index (χ4v) is 2.94. The highest BCUT2D eigenvalue weighted by molar-refractivity contribution is 6.30. The largest absolute Gasteiger partial charge is 0.492 e. The van der Waals surface area contributed by atoms with Crippen molar-refractivity contribution in [3.63, 3.8) is 0 Å². The molecule has 1 fully saturated rings. The number of esters is 1. The number of carbonyl (C=O) groups is 1. The lowest BCUT2D eigenvalue weighted by Gasteiger charge is -2.30. The highest BCUT2D eigenvalue weighted by atomic mass is 35.5. The van der Waals surface area contributed by atoms with E-state index in [1.54, 1.807) is 0 Å². The van der Waals surface area contributed by atoms with Crippen LogP contribution in [0.15, 0.2) is 18.2 Å². The first kappa shape index (κ1) is 20.1. The lowest BCUT2D eigenvalue weighted by atomic mass is 9.97. The standard InChI is InChI=1S/C17H24ClNO3.ClH/c1-3-21-17(20)14-6-8-19(9-7-14)10-11-22-16-5-4-15(18)12-13(16)2;/h4-5,12,14H,3,6-11H2,1-2H3;1H. The summed E-state index contributed by atoms with van der Waals surface area (Å²) in [6.45, 7) is 7.67. The van der Waals surface area contributed by atoms with Crippen molar-refractivity contribution in [2.24, 2.45) is 5.92 Å². The van der Waals surface area contributed by atoms with Crippen LogP contribution >= 0.6 is 24.0 Å². The average molecular weight is 362 g/mol. The molecule has 0 unspecified atom stereocenters. The van der Waals surface area contributed by atoms with Gasteiger partial charge in [0.15, 0.2) is 0 Å². The van der Waals surface area contributed by atoms with Gasteiger partial charge in [0.05, 0.1) is 12.5 Å². The number of hydrogen-bond acceptors (Lipinski definition) is 4. The Balaban J connectivity index is 0.00000264. The number of ether oxygens (including phenoxy) is 2. The zero-order chi connectivity index (χ0) is 15.9. The first-order valence-electron chi connectivity index (χ1n) is 7.88. The van der Waals surface area contributed by atoms with Gasteiger partial charge in [-0.1, -0.05) is 11.6 Å². The maximum Gasteiger partial charge on any atom is 0.309 e. The maximum atomic E-state index is 11.7. The van der Waals surface area contributed by atoms with Crippen molar-refractivity contribution in [3.8, 4) is 5.75 Å². The van der Waals surface area contributed by atoms with Gasteiger partial charge in [-0.2, -0.15) is 0 Å². The fraction of sp³-hybridized carbons (Fsp3) is 0.588. The number of hydrogen-bond donors (Lipinski definition) is 0. The van der Waals surface area contributed by atoms with Crippen molar-refractivity contribution in [3.05, 3.63) is 28.8 Å². The van der Waals surface area contributed by atoms with E-state index in [0.29, 0.717) is 13.2 Å². The third-order valence-corrected chi connectivity index (χ3v) is 4.24. The number of aryl methyl sites for hydroxylation is 1. The van der Waals surface area contributed by atoms with Crippen LogP contribution in [0, 0.1) is 12.8 Å². The lowest BCUT2D eigenvalue weighted by molar-refractivity contribution is -0.149. The summed E-state index contributed by atoms with van der Waals surface area (Å²) in [5.41, 5.74) is 1.05. The topological polar surface area (TPSA) is 38.8 Å². The van der Waals surface area contributed by atoms with E-state index in [1.165, 1.54) is 0 Å². The molecule has 1 aromatic carbocycles. The van der Waals surface area contributed by atoms with Crippen molar-refractivity contribution in [1.82, 2.24) is 4.90 Å². The molecular formula is C17H25Cl2NO3. The number of benzene rings is 1. The fourth-order valence-electron chi connectivity index (χ4n) is 2.71. The van der Waals surface area contributed by atoms with Gasteiger partial charge in [0.2, 0.25) is 0 Å². The number of likely N-dealkylation sites (tertiary alicyclic amines) is 1. The molecule has 0 saturated carbocycles. The molecule has 1 aliphatic rings. The van der Waals surface area contributed by atoms with E-state index in [-0.39, 0.29) is 24.3 Å². The van der Waals surface area contributed by atoms with Gasteiger partial charge in [0, 0.05) is 11.6 Å². The number of nitrogens with zero attached hydrogens (tertiary/aromatic N) is 1. The Labute approximate surface area is 149 Å². The van der Waals surface area contributed by atoms with Crippen molar-refractivity contribution in [2.75, 3.05) is 32.8 Å². The van der Waals surface area contributed by atoms with Gasteiger partial charge in [-0.3, -0.25) is 9.69 Å². The molecule has 0 radical (unpaired) electrons. The quantitative estimate of drug-likeness (QED) is 0.723. The molecule has 4 nitrogen and oxygen atoms in total. The first-order valence-corrected chi connectivity index (χ1v) is 8.26. The van der Waals surface area contributed by atoms with Gasteiger partial charge in [-0.25, -0.2) is 0 Å². The van der Waals surface area contributed by atoms with E-state index in [4.69, 9.17) is 21.1 Å². The Bertz CT molecular complexity index is 503. The summed E-state index contributed by atoms with van der Waals surface area (Å²) < 4.78 is 10.9. The van der Waals surface area contributed by atoms with Crippen LogP contribution in [0.1, 0.15) is 25.3 Å². The van der Waals surface area contributed by atoms with Crippen molar-refractivity contribution in [2.45, 2.75) is 26.7 Å². The third kappa shape index (κ3) is 6.21. The molecule has 0 spiro atoms. The van der Waals surface area contributed by atoms with Crippen LogP contribution in [0.25, 0.3) is 0 Å². The minimum Gasteiger partial charge on any atom is -0.492 e. The Morgan fingerprint density at radius 2 is 2.04 bits per heavy atom. The molecule has 0 aromatic heterocycles. The first-order chi connectivity index (χ1) is 10.6. The SMILES string of the molecule is CCOC(=O)C1CCN(CCOc2ccc(Cl)cc2C)CC1.Cl. The van der Waals surface area contributed by atoms with Gasteiger partial charge in [-0.15, -0.1) is 12.4 Å². The van der Waals surface area contributed by atoms with Crippen LogP contribution in [0.5, 0.6) is 5.75 Å². The summed E-state index contributed by atoms with van der Waals surface area (Å²) in [4.78, 5) is 14.0. The molecular weight excluding hydrogens is 337 g/mol. The summed E-state index contributed by atoms with van der Waals surface area (Å²) in [7, 11) is 0. The summed E-state index contributed by atoms with van der Waals surface area (Å²) in [5, 5.41) is 0.728. The van der Waals surface area contributed by atoms with Gasteiger partial charge < -0.3 is 9.47 Å². The highest BCUT2D eigenvalue weighted by Gasteiger charge is 2.25. The average Bonchev–Trinajstić information content (AvgIpc) is 2.50. The van der Waals surface area contributed by atoms with E-state index >= 15 is 0 Å². The molecule has 0 aliphatic carbocycles. The Morgan fingerprint density at radius 3 is 2.65 bits per heavy atom. The van der Waals surface area contributed by atoms with Crippen LogP contribution in [-0.4, -0.2) is 43.7 Å². The maximum absolute atomic E-state index is 11.7. The minimum atomic E-state index is -0.0461. The summed E-state index contributed by atoms with van der Waals surface area (Å²) in [5.74, 6) is 0.900. The molecule has 23 heavy (non-hydrogen) atoms. The van der Waals surface area contributed by atoms with Crippen LogP contribution in [0.2, 0.25) is 5.02 Å². The molecule has 0 N–H and O–H groups in total. The molecule has 130 valence electrons. The smallest absolute Gasteiger partial charge is 0.309 e. The molecule has 0 amide bonds. The van der Waals surface area contributed by atoms with Gasteiger partial charge in [-0.05, 0) is 63.5 Å². The van der Waals surface area contributed by atoms with Gasteiger partial charge >= 0.3 is 5.97 Å². The summed E-state index contributed by atoms with van der Waals surface area (Å²) >= 11 is 5.93. The van der Waals surface area contributed by atoms with Crippen LogP contribution in [0.3, 0.4) is 0 Å². The van der Waals surface area contributed by atoms with Crippen LogP contribution in [0.4, 0.5) is 0 Å². The normalized spacial score (nSPS) is 15.8. The van der Waals surface area contributed by atoms with Gasteiger partial charge in [0.1, 0.15) is 12.4 Å². The zero-order valence-corrected chi connectivity index (χ0v) is 15.3. The van der Waals surface area contributed by atoms with Gasteiger partial charge in [0.25, 0.3) is 0 Å². The third-order valence-electron chi connectivity index (χ3n) is 4.01. The Hall–Kier alpha value is -0.970. The second kappa shape index (κ2) is 10.0. The molecule has 1 aromatic rings. The molecule has 1 heterocycles. The minimum absolute atomic E-state index is 0. The number of rotatable bonds is 6. The highest BCUT2D eigenvalue weighted by Crippen LogP contribution is 2.22. The molecule has 6 heteroatoms. The second-order valence-corrected chi connectivity index (χ2v) is 6.06. The van der Waals surface area contributed by atoms with Crippen molar-refractivity contribution < 1.29 is 14.3 Å². The molecule has 0 atom stereocenters. The zero-order valence-electron chi connectivity index (χ0n) is 13.7. The molecule has 2 rings (SSSR count). The Kier molecular flexibility index (Phi) is 8.74. The molecule has 1 saturated heterocycles. The predicted molar refractivity (Wildman–Crippen MR) is 94.7 cm³/mol. The van der Waals surface area contributed by atoms with Crippen molar-refractivity contribution in [1.29, 1.82) is 0 Å². The molecule has 0 bridgehead atoms. The lowest BCUT2D eigenvalue weighted by Crippen LogP contribution is -2.39. The van der Waals surface area contributed by atoms with E-state index < -0.39 is 0 Å². The monoisotopic (exact) mass is 361 g/mol. The van der Waals surface area contributed by atoms with Crippen molar-refractivity contribution >= 4 is 30.0 Å². The van der Waals surface area contributed by atoms with E-state index in [2.05, 4.69) is 4.90 Å². The van der Waals surface area contributed by atoms with E-state index in [1.807, 2.05) is 32.0 Å². The molecule has 1 aliphatic heterocycles. The number of halogens is 2. The summed E-state index contributed by atoms with van der Waals surface area (Å²) in [6, 6.07) is 5.65. The predicted octanol–water partition coefficient (Wildman–Crippen LogP) is 3.72. The van der Waals surface area contributed by atoms with Crippen LogP contribution in [-0.2, 0) is 9.53 Å².